The lowest BCUT2D eigenvalue weighted by atomic mass is 9.33. The number of para-hydroxylation sites is 2. The Balaban J connectivity index is 0.911. The van der Waals surface area contributed by atoms with E-state index < -0.39 is 6.71 Å². The van der Waals surface area contributed by atoms with Crippen LogP contribution in [0.15, 0.2) is 385 Å². The molecule has 0 amide bonds. The molecule has 7 heterocycles. The standard InChI is InChI=1S/C138H116BN3O2S2/c1-133(2,3)89-59-63-112-104(73-89)105-74-90(134(4,5)6)60-64-113(105)140(112)95-79-116-130-117(80-95)142(132-107(97-46-34-52-121-127(97)101-42-26-30-50-119(101)144-121)76-94(138(16,17)18)78-109(132)99-48-36-56-125-129(99)103-44-28-32-54-123(103)146-125)115-71-84(88-68-91(135(7,8)9)72-92(69-88)136(10,11)12)57-61-110(115)139(130)111-70-83(87-66-85(81-37-21-19-22-38-81)65-86(67-87)82-39-23-20-24-40-82)58-62-114(111)141(116)131-106(96-45-33-51-120-126(96)100-41-25-29-49-118(100)143-120)75-93(137(13,14)15)77-108(131)98-47-35-55-124-128(98)102-43-27-31-53-122(102)145-124/h19-80H,1-18H3. The molecule has 0 aliphatic carbocycles. The van der Waals surface area contributed by atoms with Crippen LogP contribution in [0.2, 0.25) is 0 Å². The molecule has 0 atom stereocenters. The molecule has 710 valence electrons. The quantitative estimate of drug-likeness (QED) is 0.121. The normalized spacial score (nSPS) is 13.2. The Kier molecular flexibility index (Phi) is 20.6. The van der Waals surface area contributed by atoms with Gasteiger partial charge in [0.2, 0.25) is 0 Å². The van der Waals surface area contributed by atoms with Crippen molar-refractivity contribution >= 4 is 186 Å². The highest BCUT2D eigenvalue weighted by Crippen LogP contribution is 2.60. The Bertz CT molecular complexity index is 9150. The van der Waals surface area contributed by atoms with E-state index in [2.05, 4.69) is 515 Å². The fourth-order valence-electron chi connectivity index (χ4n) is 23.7. The van der Waals surface area contributed by atoms with Crippen LogP contribution in [-0.2, 0) is 32.5 Å². The summed E-state index contributed by atoms with van der Waals surface area (Å²) in [6.45, 7) is 42.4. The van der Waals surface area contributed by atoms with Gasteiger partial charge < -0.3 is 23.2 Å². The monoisotopic (exact) mass is 1920 g/mol. The SMILES string of the molecule is CC(C)(C)c1cc(-c2ccc3c(c2)N(c2c(-c4cccc5oc6ccccc6c45)cc(C(C)(C)C)cc2-c2cccc4sc5ccccc5c24)c2cc(-n4c5ccc(C(C)(C)C)cc5c5cc(C(C)(C)C)ccc54)cc4c2B3c2cc(-c3cc(-c5ccccc5)cc(-c5ccccc5)c3)ccc2N4c2c(-c3cccc4oc5ccccc5c34)cc(C(C)(C)C)cc2-c2cccc3sc4ccccc4c23)cc(C(C)(C)C)c1. The zero-order chi connectivity index (χ0) is 100. The molecule has 0 saturated carbocycles. The topological polar surface area (TPSA) is 37.7 Å². The Morgan fingerprint density at radius 3 is 1.01 bits per heavy atom. The summed E-state index contributed by atoms with van der Waals surface area (Å²) in [7, 11) is 0. The van der Waals surface area contributed by atoms with Gasteiger partial charge in [0.15, 0.2) is 0 Å². The average molecular weight is 1920 g/mol. The Morgan fingerprint density at radius 2 is 0.568 bits per heavy atom. The van der Waals surface area contributed by atoms with E-state index in [4.69, 9.17) is 8.83 Å². The van der Waals surface area contributed by atoms with Gasteiger partial charge in [-0.15, -0.1) is 22.7 Å². The maximum absolute atomic E-state index is 7.23. The van der Waals surface area contributed by atoms with E-state index in [1.165, 1.54) is 106 Å². The van der Waals surface area contributed by atoms with Crippen LogP contribution in [0.25, 0.3) is 201 Å². The molecule has 24 aromatic rings. The van der Waals surface area contributed by atoms with Crippen molar-refractivity contribution < 1.29 is 8.83 Å². The molecular formula is C138H116BN3O2S2. The third kappa shape index (κ3) is 14.8. The van der Waals surface area contributed by atoms with E-state index in [1.54, 1.807) is 0 Å². The van der Waals surface area contributed by atoms with Crippen LogP contribution in [0, 0.1) is 0 Å². The molecular weight excluding hydrogens is 1810 g/mol. The van der Waals surface area contributed by atoms with Gasteiger partial charge >= 0.3 is 0 Å². The van der Waals surface area contributed by atoms with E-state index in [1.807, 2.05) is 22.7 Å². The number of rotatable bonds is 11. The minimum Gasteiger partial charge on any atom is -0.456 e. The fourth-order valence-corrected chi connectivity index (χ4v) is 25.9. The first kappa shape index (κ1) is 90.7. The number of anilines is 6. The number of benzene rings is 19. The fraction of sp³-hybridized carbons (Fsp3) is 0.174. The molecule has 0 N–H and O–H groups in total. The van der Waals surface area contributed by atoms with Gasteiger partial charge in [0, 0.05) is 118 Å². The highest BCUT2D eigenvalue weighted by Gasteiger charge is 2.48. The summed E-state index contributed by atoms with van der Waals surface area (Å²) in [6.07, 6.45) is 0. The smallest absolute Gasteiger partial charge is 0.252 e. The first-order valence-corrected chi connectivity index (χ1v) is 53.4. The number of hydrogen-bond acceptors (Lipinski definition) is 6. The Morgan fingerprint density at radius 1 is 0.212 bits per heavy atom. The van der Waals surface area contributed by atoms with Gasteiger partial charge in [-0.2, -0.15) is 0 Å². The van der Waals surface area contributed by atoms with Crippen molar-refractivity contribution in [3.05, 3.63) is 409 Å². The lowest BCUT2D eigenvalue weighted by molar-refractivity contribution is 0.569. The molecule has 0 fully saturated rings. The Labute approximate surface area is 863 Å². The molecule has 0 saturated heterocycles. The summed E-state index contributed by atoms with van der Waals surface area (Å²) >= 11 is 3.76. The average Bonchev–Trinajstić information content (AvgIpc) is 0.846. The van der Waals surface area contributed by atoms with Crippen LogP contribution in [0.4, 0.5) is 34.1 Å². The molecule has 0 unspecified atom stereocenters. The predicted molar refractivity (Wildman–Crippen MR) is 631 cm³/mol. The van der Waals surface area contributed by atoms with Crippen LogP contribution in [0.1, 0.15) is 158 Å². The number of hydrogen-bond donors (Lipinski definition) is 0. The second kappa shape index (κ2) is 33.1. The van der Waals surface area contributed by atoms with Crippen molar-refractivity contribution in [1.29, 1.82) is 0 Å². The molecule has 2 aliphatic heterocycles. The molecule has 26 rings (SSSR count). The van der Waals surface area contributed by atoms with Gasteiger partial charge in [-0.05, 0) is 289 Å². The summed E-state index contributed by atoms with van der Waals surface area (Å²) < 4.78 is 22.1. The van der Waals surface area contributed by atoms with Crippen LogP contribution < -0.4 is 26.2 Å². The van der Waals surface area contributed by atoms with E-state index in [0.717, 1.165) is 178 Å². The van der Waals surface area contributed by atoms with Crippen LogP contribution in [0.5, 0.6) is 0 Å². The van der Waals surface area contributed by atoms with Crippen molar-refractivity contribution in [1.82, 2.24) is 4.57 Å². The molecule has 0 radical (unpaired) electrons. The number of aromatic nitrogens is 1. The summed E-state index contributed by atoms with van der Waals surface area (Å²) in [6, 6.07) is 146. The van der Waals surface area contributed by atoms with Gasteiger partial charge in [0.25, 0.3) is 6.71 Å². The number of thiophene rings is 2. The van der Waals surface area contributed by atoms with Gasteiger partial charge in [-0.3, -0.25) is 0 Å². The summed E-state index contributed by atoms with van der Waals surface area (Å²) in [5.41, 5.74) is 40.5. The zero-order valence-electron chi connectivity index (χ0n) is 86.3. The van der Waals surface area contributed by atoms with Crippen molar-refractivity contribution in [3.8, 4) is 94.7 Å². The van der Waals surface area contributed by atoms with E-state index in [9.17, 15) is 0 Å². The molecule has 0 bridgehead atoms. The minimum absolute atomic E-state index is 0.178. The van der Waals surface area contributed by atoms with Crippen molar-refractivity contribution in [2.75, 3.05) is 9.80 Å². The molecule has 0 spiro atoms. The predicted octanol–water partition coefficient (Wildman–Crippen LogP) is 38.5. The van der Waals surface area contributed by atoms with E-state index in [0.29, 0.717) is 0 Å². The van der Waals surface area contributed by atoms with Gasteiger partial charge in [-0.1, -0.05) is 361 Å². The van der Waals surface area contributed by atoms with Crippen molar-refractivity contribution in [2.45, 2.75) is 157 Å². The first-order chi connectivity index (χ1) is 70.2. The minimum atomic E-state index is -0.461. The van der Waals surface area contributed by atoms with E-state index >= 15 is 0 Å². The van der Waals surface area contributed by atoms with Crippen molar-refractivity contribution in [2.24, 2.45) is 0 Å². The zero-order valence-corrected chi connectivity index (χ0v) is 88.0. The van der Waals surface area contributed by atoms with Crippen LogP contribution >= 0.6 is 22.7 Å². The lowest BCUT2D eigenvalue weighted by Gasteiger charge is -2.46. The van der Waals surface area contributed by atoms with Gasteiger partial charge in [0.05, 0.1) is 28.1 Å². The van der Waals surface area contributed by atoms with Crippen LogP contribution in [-0.4, -0.2) is 11.3 Å². The molecule has 5 aromatic heterocycles. The number of furan rings is 2. The molecule has 2 aliphatic rings. The second-order valence-corrected chi connectivity index (χ2v) is 49.3. The largest absolute Gasteiger partial charge is 0.456 e. The number of fused-ring (bicyclic) bond motifs is 19. The third-order valence-electron chi connectivity index (χ3n) is 31.5. The molecule has 5 nitrogen and oxygen atoms in total. The maximum Gasteiger partial charge on any atom is 0.252 e. The first-order valence-electron chi connectivity index (χ1n) is 51.7. The third-order valence-corrected chi connectivity index (χ3v) is 33.7. The van der Waals surface area contributed by atoms with Gasteiger partial charge in [0.1, 0.15) is 22.3 Å². The molecule has 8 heteroatoms. The highest BCUT2D eigenvalue weighted by molar-refractivity contribution is 7.26. The van der Waals surface area contributed by atoms with E-state index in [-0.39, 0.29) is 32.5 Å². The molecule has 19 aromatic carbocycles. The Hall–Kier alpha value is -15.3. The highest BCUT2D eigenvalue weighted by atomic mass is 32.1. The summed E-state index contributed by atoms with van der Waals surface area (Å²) in [5.74, 6) is 0. The second-order valence-electron chi connectivity index (χ2n) is 47.1. The summed E-state index contributed by atoms with van der Waals surface area (Å²) in [5, 5.41) is 11.6. The van der Waals surface area contributed by atoms with Crippen molar-refractivity contribution in [3.63, 3.8) is 0 Å². The van der Waals surface area contributed by atoms with Crippen LogP contribution in [0.3, 0.4) is 0 Å². The molecule has 146 heavy (non-hydrogen) atoms. The summed E-state index contributed by atoms with van der Waals surface area (Å²) in [4.78, 5) is 5.65. The van der Waals surface area contributed by atoms with Gasteiger partial charge in [-0.25, -0.2) is 0 Å². The lowest BCUT2D eigenvalue weighted by Crippen LogP contribution is -2.61. The maximum atomic E-state index is 7.23. The number of nitrogens with zero attached hydrogens (tertiary/aromatic N) is 3.